The lowest BCUT2D eigenvalue weighted by molar-refractivity contribution is -0.121. The molecule has 0 bridgehead atoms. The topological polar surface area (TPSA) is 64.7 Å². The normalized spacial score (nSPS) is 12.2. The van der Waals surface area contributed by atoms with Crippen LogP contribution in [-0.4, -0.2) is 37.0 Å². The Balaban J connectivity index is 1.15. The average Bonchev–Trinajstić information content (AvgIpc) is 3.27. The zero-order valence-corrected chi connectivity index (χ0v) is 19.7. The summed E-state index contributed by atoms with van der Waals surface area (Å²) in [5, 5.41) is 5.74. The number of amides is 3. The summed E-state index contributed by atoms with van der Waals surface area (Å²) in [4.78, 5) is 28.4. The van der Waals surface area contributed by atoms with E-state index >= 15 is 0 Å². The van der Waals surface area contributed by atoms with Gasteiger partial charge in [0.05, 0.1) is 0 Å². The number of para-hydroxylation sites is 1. The summed E-state index contributed by atoms with van der Waals surface area (Å²) in [5.41, 5.74) is 6.13. The molecule has 0 radical (unpaired) electrons. The molecule has 1 heterocycles. The van der Waals surface area contributed by atoms with Crippen molar-refractivity contribution in [3.63, 3.8) is 0 Å². The summed E-state index contributed by atoms with van der Waals surface area (Å²) >= 11 is 0. The van der Waals surface area contributed by atoms with Crippen LogP contribution in [0.4, 0.5) is 10.5 Å². The lowest BCUT2D eigenvalue weighted by atomic mass is 10.1. The smallest absolute Gasteiger partial charge is 0.317 e. The van der Waals surface area contributed by atoms with Crippen molar-refractivity contribution >= 4 is 17.6 Å². The summed E-state index contributed by atoms with van der Waals surface area (Å²) in [6, 6.07) is 26.6. The molecule has 3 amide bonds. The molecule has 0 spiro atoms. The van der Waals surface area contributed by atoms with Crippen molar-refractivity contribution in [3.8, 4) is 0 Å². The first kappa shape index (κ1) is 23.4. The van der Waals surface area contributed by atoms with Crippen LogP contribution in [0.25, 0.3) is 0 Å². The molecule has 0 unspecified atom stereocenters. The molecule has 3 aromatic rings. The van der Waals surface area contributed by atoms with Gasteiger partial charge in [-0.3, -0.25) is 4.79 Å². The van der Waals surface area contributed by atoms with E-state index < -0.39 is 0 Å². The SMILES string of the molecule is CN(Cc1ccccc1)C(=O)NCCC(=O)NCc1ccc(CN2CCc3ccccc32)cc1. The maximum atomic E-state index is 12.2. The molecular formula is C28H32N4O2. The number of rotatable bonds is 9. The number of fused-ring (bicyclic) bond motifs is 1. The monoisotopic (exact) mass is 456 g/mol. The molecule has 1 aliphatic heterocycles. The molecule has 176 valence electrons. The van der Waals surface area contributed by atoms with Gasteiger partial charge in [0.15, 0.2) is 0 Å². The number of carbonyl (C=O) groups excluding carboxylic acids is 2. The van der Waals surface area contributed by atoms with Crippen LogP contribution in [0.5, 0.6) is 0 Å². The number of anilines is 1. The highest BCUT2D eigenvalue weighted by Gasteiger charge is 2.18. The molecular weight excluding hydrogens is 424 g/mol. The largest absolute Gasteiger partial charge is 0.367 e. The van der Waals surface area contributed by atoms with Gasteiger partial charge in [0.25, 0.3) is 0 Å². The number of urea groups is 1. The number of nitrogens with zero attached hydrogens (tertiary/aromatic N) is 2. The summed E-state index contributed by atoms with van der Waals surface area (Å²) < 4.78 is 0. The minimum Gasteiger partial charge on any atom is -0.367 e. The second-order valence-electron chi connectivity index (χ2n) is 8.72. The van der Waals surface area contributed by atoms with Gasteiger partial charge in [-0.1, -0.05) is 72.8 Å². The minimum absolute atomic E-state index is 0.0798. The van der Waals surface area contributed by atoms with Crippen LogP contribution in [-0.2, 0) is 30.8 Å². The molecule has 3 aromatic carbocycles. The predicted molar refractivity (Wildman–Crippen MR) is 135 cm³/mol. The van der Waals surface area contributed by atoms with Gasteiger partial charge in [-0.15, -0.1) is 0 Å². The lowest BCUT2D eigenvalue weighted by Gasteiger charge is -2.19. The van der Waals surface area contributed by atoms with Crippen molar-refractivity contribution in [1.82, 2.24) is 15.5 Å². The van der Waals surface area contributed by atoms with Gasteiger partial charge >= 0.3 is 6.03 Å². The van der Waals surface area contributed by atoms with Crippen LogP contribution >= 0.6 is 0 Å². The van der Waals surface area contributed by atoms with E-state index in [0.717, 1.165) is 30.6 Å². The Kier molecular flexibility index (Phi) is 7.81. The summed E-state index contributed by atoms with van der Waals surface area (Å²) in [6.45, 7) is 3.25. The van der Waals surface area contributed by atoms with Crippen LogP contribution in [0.15, 0.2) is 78.9 Å². The van der Waals surface area contributed by atoms with Crippen molar-refractivity contribution in [2.24, 2.45) is 0 Å². The van der Waals surface area contributed by atoms with Gasteiger partial charge in [-0.2, -0.15) is 0 Å². The van der Waals surface area contributed by atoms with Gasteiger partial charge in [-0.05, 0) is 34.7 Å². The van der Waals surface area contributed by atoms with Gasteiger partial charge in [0.1, 0.15) is 0 Å². The summed E-state index contributed by atoms with van der Waals surface area (Å²) in [5.74, 6) is -0.0798. The van der Waals surface area contributed by atoms with Crippen molar-refractivity contribution < 1.29 is 9.59 Å². The van der Waals surface area contributed by atoms with Crippen molar-refractivity contribution in [2.45, 2.75) is 32.5 Å². The Morgan fingerprint density at radius 2 is 1.56 bits per heavy atom. The quantitative estimate of drug-likeness (QED) is 0.510. The number of hydrogen-bond donors (Lipinski definition) is 2. The Bertz CT molecular complexity index is 1100. The molecule has 2 N–H and O–H groups in total. The van der Waals surface area contributed by atoms with Crippen LogP contribution in [0.3, 0.4) is 0 Å². The van der Waals surface area contributed by atoms with E-state index in [1.54, 1.807) is 11.9 Å². The standard InChI is InChI=1S/C28H32N4O2/c1-31(20-23-7-3-2-4-8-23)28(34)29-17-15-27(33)30-19-22-11-13-24(14-12-22)21-32-18-16-25-9-5-6-10-26(25)32/h2-14H,15-21H2,1H3,(H,29,34)(H,30,33). The average molecular weight is 457 g/mol. The molecule has 0 fully saturated rings. The third-order valence-electron chi connectivity index (χ3n) is 6.11. The lowest BCUT2D eigenvalue weighted by Crippen LogP contribution is -2.38. The highest BCUT2D eigenvalue weighted by molar-refractivity contribution is 5.78. The van der Waals surface area contributed by atoms with E-state index in [1.807, 2.05) is 30.3 Å². The summed E-state index contributed by atoms with van der Waals surface area (Å²) in [7, 11) is 1.74. The van der Waals surface area contributed by atoms with E-state index in [2.05, 4.69) is 64.1 Å². The first-order valence-corrected chi connectivity index (χ1v) is 11.8. The highest BCUT2D eigenvalue weighted by Crippen LogP contribution is 2.28. The van der Waals surface area contributed by atoms with Gasteiger partial charge in [0, 0.05) is 51.9 Å². The van der Waals surface area contributed by atoms with Gasteiger partial charge < -0.3 is 20.4 Å². The Morgan fingerprint density at radius 3 is 2.35 bits per heavy atom. The maximum absolute atomic E-state index is 12.2. The predicted octanol–water partition coefficient (Wildman–Crippen LogP) is 4.10. The molecule has 0 aromatic heterocycles. The Morgan fingerprint density at radius 1 is 0.853 bits per heavy atom. The molecule has 6 heteroatoms. The van der Waals surface area contributed by atoms with E-state index in [9.17, 15) is 9.59 Å². The molecule has 34 heavy (non-hydrogen) atoms. The van der Waals surface area contributed by atoms with E-state index in [1.165, 1.54) is 16.8 Å². The molecule has 1 aliphatic rings. The second kappa shape index (κ2) is 11.4. The van der Waals surface area contributed by atoms with E-state index in [4.69, 9.17) is 0 Å². The minimum atomic E-state index is -0.187. The number of carbonyl (C=O) groups is 2. The fourth-order valence-corrected chi connectivity index (χ4v) is 4.19. The zero-order valence-electron chi connectivity index (χ0n) is 19.7. The molecule has 0 saturated heterocycles. The Labute approximate surface area is 201 Å². The van der Waals surface area contributed by atoms with Gasteiger partial charge in [-0.25, -0.2) is 4.79 Å². The first-order chi connectivity index (χ1) is 16.6. The van der Waals surface area contributed by atoms with Crippen LogP contribution in [0.2, 0.25) is 0 Å². The third-order valence-corrected chi connectivity index (χ3v) is 6.11. The van der Waals surface area contributed by atoms with E-state index in [0.29, 0.717) is 19.6 Å². The molecule has 0 saturated carbocycles. The van der Waals surface area contributed by atoms with Crippen LogP contribution < -0.4 is 15.5 Å². The Hall–Kier alpha value is -3.80. The molecule has 0 aliphatic carbocycles. The number of hydrogen-bond acceptors (Lipinski definition) is 3. The second-order valence-corrected chi connectivity index (χ2v) is 8.72. The summed E-state index contributed by atoms with van der Waals surface area (Å²) in [6.07, 6.45) is 1.35. The van der Waals surface area contributed by atoms with Gasteiger partial charge in [0.2, 0.25) is 5.91 Å². The zero-order chi connectivity index (χ0) is 23.8. The molecule has 6 nitrogen and oxygen atoms in total. The van der Waals surface area contributed by atoms with Crippen LogP contribution in [0.1, 0.15) is 28.7 Å². The van der Waals surface area contributed by atoms with E-state index in [-0.39, 0.29) is 18.4 Å². The fraction of sp³-hybridized carbons (Fsp3) is 0.286. The maximum Gasteiger partial charge on any atom is 0.317 e. The molecule has 0 atom stereocenters. The highest BCUT2D eigenvalue weighted by atomic mass is 16.2. The third kappa shape index (κ3) is 6.38. The fourth-order valence-electron chi connectivity index (χ4n) is 4.19. The number of nitrogens with one attached hydrogen (secondary N) is 2. The number of benzene rings is 3. The van der Waals surface area contributed by atoms with Crippen molar-refractivity contribution in [2.75, 3.05) is 25.0 Å². The van der Waals surface area contributed by atoms with Crippen molar-refractivity contribution in [1.29, 1.82) is 0 Å². The molecule has 4 rings (SSSR count). The first-order valence-electron chi connectivity index (χ1n) is 11.8. The van der Waals surface area contributed by atoms with Crippen LogP contribution in [0, 0.1) is 0 Å². The van der Waals surface area contributed by atoms with Crippen molar-refractivity contribution in [3.05, 3.63) is 101 Å².